The zero-order valence-electron chi connectivity index (χ0n) is 10.3. The van der Waals surface area contributed by atoms with E-state index in [1.807, 2.05) is 25.1 Å². The number of anilines is 1. The van der Waals surface area contributed by atoms with Crippen LogP contribution in [-0.2, 0) is 9.84 Å². The molecule has 1 atom stereocenters. The maximum absolute atomic E-state index is 11.6. The van der Waals surface area contributed by atoms with E-state index in [1.54, 1.807) is 0 Å². The number of aryl methyl sites for hydroxylation is 1. The number of hydrogen-bond donors (Lipinski definition) is 1. The monoisotopic (exact) mass is 332 g/mol. The minimum Gasteiger partial charge on any atom is -0.365 e. The van der Waals surface area contributed by atoms with E-state index in [0.717, 1.165) is 15.7 Å². The average Bonchev–Trinajstić information content (AvgIpc) is 2.32. The molecule has 0 spiro atoms. The maximum Gasteiger partial charge on any atom is 0.154 e. The van der Waals surface area contributed by atoms with Crippen LogP contribution in [0, 0.1) is 6.92 Å². The van der Waals surface area contributed by atoms with Crippen molar-refractivity contribution < 1.29 is 8.42 Å². The van der Waals surface area contributed by atoms with Gasteiger partial charge in [0.05, 0.1) is 17.5 Å². The Bertz CT molecular complexity index is 545. The average molecular weight is 333 g/mol. The minimum absolute atomic E-state index is 0.127. The third kappa shape index (κ3) is 2.87. The molecule has 100 valence electrons. The van der Waals surface area contributed by atoms with Gasteiger partial charge in [-0.15, -0.1) is 0 Å². The first-order valence-corrected chi connectivity index (χ1v) is 8.47. The van der Waals surface area contributed by atoms with Gasteiger partial charge in [-0.05, 0) is 24.6 Å². The van der Waals surface area contributed by atoms with Crippen LogP contribution in [0.15, 0.2) is 22.7 Å². The highest BCUT2D eigenvalue weighted by Gasteiger charge is 2.30. The van der Waals surface area contributed by atoms with Gasteiger partial charge in [0.1, 0.15) is 0 Å². The van der Waals surface area contributed by atoms with Crippen molar-refractivity contribution in [3.05, 3.63) is 28.2 Å². The molecule has 1 unspecified atom stereocenters. The minimum atomic E-state index is -2.94. The molecule has 1 fully saturated rings. The van der Waals surface area contributed by atoms with Gasteiger partial charge in [-0.3, -0.25) is 0 Å². The van der Waals surface area contributed by atoms with Crippen LogP contribution >= 0.6 is 15.9 Å². The van der Waals surface area contributed by atoms with Crippen LogP contribution in [0.1, 0.15) is 5.56 Å². The smallest absolute Gasteiger partial charge is 0.154 e. The topological polar surface area (TPSA) is 63.4 Å². The van der Waals surface area contributed by atoms with Gasteiger partial charge in [0.25, 0.3) is 0 Å². The lowest BCUT2D eigenvalue weighted by Gasteiger charge is -2.36. The van der Waals surface area contributed by atoms with E-state index in [2.05, 4.69) is 20.8 Å². The SMILES string of the molecule is Cc1ccc(N2CCS(=O)(=O)CC2CN)cc1Br. The highest BCUT2D eigenvalue weighted by Crippen LogP contribution is 2.26. The van der Waals surface area contributed by atoms with Gasteiger partial charge >= 0.3 is 0 Å². The van der Waals surface area contributed by atoms with Gasteiger partial charge in [-0.25, -0.2) is 8.42 Å². The first kappa shape index (κ1) is 13.8. The Labute approximate surface area is 116 Å². The summed E-state index contributed by atoms with van der Waals surface area (Å²) in [5.74, 6) is 0.351. The van der Waals surface area contributed by atoms with Crippen molar-refractivity contribution in [1.29, 1.82) is 0 Å². The van der Waals surface area contributed by atoms with Gasteiger partial charge in [0, 0.05) is 23.2 Å². The molecular weight excluding hydrogens is 316 g/mol. The molecule has 0 saturated carbocycles. The zero-order chi connectivity index (χ0) is 13.3. The Hall–Kier alpha value is -0.590. The van der Waals surface area contributed by atoms with E-state index in [9.17, 15) is 8.42 Å². The summed E-state index contributed by atoms with van der Waals surface area (Å²) in [4.78, 5) is 2.09. The second kappa shape index (κ2) is 5.19. The first-order valence-electron chi connectivity index (χ1n) is 5.86. The van der Waals surface area contributed by atoms with Gasteiger partial charge in [0.2, 0.25) is 0 Å². The Kier molecular flexibility index (Phi) is 3.99. The summed E-state index contributed by atoms with van der Waals surface area (Å²) in [5, 5.41) is 0. The normalized spacial score (nSPS) is 23.1. The van der Waals surface area contributed by atoms with Gasteiger partial charge < -0.3 is 10.6 Å². The molecule has 1 aromatic rings. The molecule has 1 aliphatic heterocycles. The Morgan fingerprint density at radius 3 is 2.83 bits per heavy atom. The molecule has 1 heterocycles. The van der Waals surface area contributed by atoms with E-state index in [1.165, 1.54) is 0 Å². The summed E-state index contributed by atoms with van der Waals surface area (Å²) in [7, 11) is -2.94. The molecule has 6 heteroatoms. The lowest BCUT2D eigenvalue weighted by Crippen LogP contribution is -2.52. The predicted molar refractivity (Wildman–Crippen MR) is 77.7 cm³/mol. The quantitative estimate of drug-likeness (QED) is 0.887. The molecule has 2 rings (SSSR count). The van der Waals surface area contributed by atoms with Crippen LogP contribution in [0.2, 0.25) is 0 Å². The molecule has 0 aliphatic carbocycles. The second-order valence-corrected chi connectivity index (χ2v) is 7.71. The van der Waals surface area contributed by atoms with Gasteiger partial charge in [-0.2, -0.15) is 0 Å². The second-order valence-electron chi connectivity index (χ2n) is 4.63. The number of sulfone groups is 1. The molecule has 18 heavy (non-hydrogen) atoms. The zero-order valence-corrected chi connectivity index (χ0v) is 12.7. The van der Waals surface area contributed by atoms with E-state index >= 15 is 0 Å². The number of rotatable bonds is 2. The number of nitrogens with two attached hydrogens (primary N) is 1. The molecule has 0 aromatic heterocycles. The van der Waals surface area contributed by atoms with Crippen molar-refractivity contribution in [2.75, 3.05) is 29.5 Å². The van der Waals surface area contributed by atoms with Crippen LogP contribution < -0.4 is 10.6 Å². The number of halogens is 1. The summed E-state index contributed by atoms with van der Waals surface area (Å²) < 4.78 is 24.3. The third-order valence-corrected chi connectivity index (χ3v) is 5.84. The number of hydrogen-bond acceptors (Lipinski definition) is 4. The fourth-order valence-electron chi connectivity index (χ4n) is 2.18. The van der Waals surface area contributed by atoms with Gasteiger partial charge in [-0.1, -0.05) is 22.0 Å². The first-order chi connectivity index (χ1) is 8.43. The molecule has 2 N–H and O–H groups in total. The Morgan fingerprint density at radius 2 is 2.22 bits per heavy atom. The van der Waals surface area contributed by atoms with Crippen molar-refractivity contribution in [1.82, 2.24) is 0 Å². The van der Waals surface area contributed by atoms with Crippen molar-refractivity contribution >= 4 is 31.5 Å². The highest BCUT2D eigenvalue weighted by molar-refractivity contribution is 9.10. The molecule has 0 bridgehead atoms. The maximum atomic E-state index is 11.6. The molecule has 0 amide bonds. The van der Waals surface area contributed by atoms with Crippen LogP contribution in [0.4, 0.5) is 5.69 Å². The fraction of sp³-hybridized carbons (Fsp3) is 0.500. The lowest BCUT2D eigenvalue weighted by molar-refractivity contribution is 0.559. The largest absolute Gasteiger partial charge is 0.365 e. The van der Waals surface area contributed by atoms with Crippen LogP contribution in [0.3, 0.4) is 0 Å². The standard InChI is InChI=1S/C12H17BrN2O2S/c1-9-2-3-10(6-12(9)13)15-4-5-18(16,17)8-11(15)7-14/h2-3,6,11H,4-5,7-8,14H2,1H3. The van der Waals surface area contributed by atoms with E-state index < -0.39 is 9.84 Å². The molecular formula is C12H17BrN2O2S. The number of benzene rings is 1. The Morgan fingerprint density at radius 1 is 1.50 bits per heavy atom. The summed E-state index contributed by atoms with van der Waals surface area (Å²) >= 11 is 3.50. The summed E-state index contributed by atoms with van der Waals surface area (Å²) in [6.07, 6.45) is 0. The van der Waals surface area contributed by atoms with Crippen molar-refractivity contribution in [2.24, 2.45) is 5.73 Å². The third-order valence-electron chi connectivity index (χ3n) is 3.29. The van der Waals surface area contributed by atoms with Crippen molar-refractivity contribution in [3.8, 4) is 0 Å². The highest BCUT2D eigenvalue weighted by atomic mass is 79.9. The molecule has 4 nitrogen and oxygen atoms in total. The van der Waals surface area contributed by atoms with Gasteiger partial charge in [0.15, 0.2) is 9.84 Å². The summed E-state index contributed by atoms with van der Waals surface area (Å²) in [6, 6.07) is 5.94. The van der Waals surface area contributed by atoms with Crippen LogP contribution in [0.25, 0.3) is 0 Å². The van der Waals surface area contributed by atoms with Crippen LogP contribution in [0.5, 0.6) is 0 Å². The van der Waals surface area contributed by atoms with E-state index in [0.29, 0.717) is 13.1 Å². The van der Waals surface area contributed by atoms with E-state index in [-0.39, 0.29) is 17.5 Å². The molecule has 1 saturated heterocycles. The van der Waals surface area contributed by atoms with Crippen molar-refractivity contribution in [2.45, 2.75) is 13.0 Å². The summed E-state index contributed by atoms with van der Waals surface area (Å²) in [5.41, 5.74) is 7.89. The lowest BCUT2D eigenvalue weighted by atomic mass is 10.2. The van der Waals surface area contributed by atoms with E-state index in [4.69, 9.17) is 5.73 Å². The van der Waals surface area contributed by atoms with Crippen molar-refractivity contribution in [3.63, 3.8) is 0 Å². The summed E-state index contributed by atoms with van der Waals surface area (Å²) in [6.45, 7) is 2.89. The fourth-order valence-corrected chi connectivity index (χ4v) is 4.09. The number of nitrogens with zero attached hydrogens (tertiary/aromatic N) is 1. The van der Waals surface area contributed by atoms with Crippen LogP contribution in [-0.4, -0.2) is 39.1 Å². The predicted octanol–water partition coefficient (Wildman–Crippen LogP) is 1.32. The molecule has 1 aromatic carbocycles. The Balaban J connectivity index is 2.29. The molecule has 1 aliphatic rings. The molecule has 0 radical (unpaired) electrons.